The molecule has 0 spiro atoms. The smallest absolute Gasteiger partial charge is 1.00 e. The van der Waals surface area contributed by atoms with Crippen LogP contribution in [0.4, 0.5) is 0 Å². The van der Waals surface area contributed by atoms with E-state index < -0.39 is 36.4 Å². The summed E-state index contributed by atoms with van der Waals surface area (Å²) in [6.45, 7) is 0. The van der Waals surface area contributed by atoms with E-state index in [1.165, 1.54) is 0 Å². The van der Waals surface area contributed by atoms with Crippen LogP contribution in [0.5, 0.6) is 0 Å². The quantitative estimate of drug-likeness (QED) is 0.176. The first kappa shape index (κ1) is 27.2. The Morgan fingerprint density at radius 1 is 1.04 bits per heavy atom. The average molecular weight is 373 g/mol. The predicted molar refractivity (Wildman–Crippen MR) is 82.9 cm³/mol. The molecule has 1 rings (SSSR count). The largest absolute Gasteiger partial charge is 1.00 e. The number of amidine groups is 1. The second kappa shape index (κ2) is 12.7. The van der Waals surface area contributed by atoms with Crippen LogP contribution in [-0.4, -0.2) is 49.8 Å². The molecule has 0 amide bonds. The maximum Gasteiger partial charge on any atom is 1.00 e. The second-order valence-electron chi connectivity index (χ2n) is 4.26. The third-order valence-electron chi connectivity index (χ3n) is 2.37. The Kier molecular flexibility index (Phi) is 14.4. The molecule has 0 aliphatic carbocycles. The van der Waals surface area contributed by atoms with Gasteiger partial charge in [0.2, 0.25) is 0 Å². The van der Waals surface area contributed by atoms with Gasteiger partial charge < -0.3 is 27.6 Å². The minimum Gasteiger partial charge on any atom is -1.00 e. The molecule has 130 valence electrons. The molecule has 7 N–H and O–H groups in total. The molecule has 0 fully saturated rings. The van der Waals surface area contributed by atoms with Crippen molar-refractivity contribution in [2.24, 2.45) is 5.73 Å². The van der Waals surface area contributed by atoms with Gasteiger partial charge in [-0.3, -0.25) is 15.0 Å². The van der Waals surface area contributed by atoms with E-state index in [0.717, 1.165) is 5.56 Å². The van der Waals surface area contributed by atoms with Crippen molar-refractivity contribution in [2.75, 3.05) is 0 Å². The molecule has 0 radical (unpaired) electrons. The number of aliphatic carboxylic acids is 3. The van der Waals surface area contributed by atoms with Crippen LogP contribution in [0.15, 0.2) is 30.3 Å². The van der Waals surface area contributed by atoms with Crippen LogP contribution >= 0.6 is 12.4 Å². The number of carboxylic acids is 3. The maximum absolute atomic E-state index is 10.3. The summed E-state index contributed by atoms with van der Waals surface area (Å²) in [7, 11) is 0. The number of aliphatic hydroxyl groups is 1. The molecule has 1 aromatic carbocycles. The van der Waals surface area contributed by atoms with E-state index in [4.69, 9.17) is 31.6 Å². The van der Waals surface area contributed by atoms with Gasteiger partial charge in [0.15, 0.2) is 5.60 Å². The van der Waals surface area contributed by atoms with E-state index in [2.05, 4.69) is 0 Å². The van der Waals surface area contributed by atoms with Gasteiger partial charge in [-0.2, -0.15) is 0 Å². The first-order valence-electron chi connectivity index (χ1n) is 5.87. The number of nitrogen functional groups attached to an aromatic ring is 1. The number of rotatable bonds is 6. The Balaban J connectivity index is -0.000000164. The molecule has 0 atom stereocenters. The summed E-state index contributed by atoms with van der Waals surface area (Å²) in [5, 5.41) is 40.8. The second-order valence-corrected chi connectivity index (χ2v) is 4.26. The van der Waals surface area contributed by atoms with Gasteiger partial charge in [0.25, 0.3) is 0 Å². The molecule has 9 nitrogen and oxygen atoms in total. The van der Waals surface area contributed by atoms with Gasteiger partial charge in [0, 0.05) is 5.56 Å². The molecule has 0 saturated heterocycles. The molecular formula is C13H18ClN2NaO7. The van der Waals surface area contributed by atoms with Gasteiger partial charge in [0.1, 0.15) is 5.84 Å². The molecule has 24 heavy (non-hydrogen) atoms. The zero-order valence-electron chi connectivity index (χ0n) is 13.8. The molecule has 0 saturated carbocycles. The zero-order chi connectivity index (χ0) is 17.3. The Bertz CT molecular complexity index is 559. The van der Waals surface area contributed by atoms with Crippen LogP contribution in [0.2, 0.25) is 0 Å². The van der Waals surface area contributed by atoms with Gasteiger partial charge >= 0.3 is 47.5 Å². The van der Waals surface area contributed by atoms with Gasteiger partial charge in [-0.25, -0.2) is 4.79 Å². The standard InChI is InChI=1S/C7H8N2.C6H8O7.ClH.Na.H/c8-7(9)6-4-2-1-3-5-6;7-3(8)1-6(13,5(11)12)2-4(9)10;;;/h1-5H,(H3,8,9);13H,1-2H2,(H,7,8)(H,9,10)(H,11,12);1H;;/q;;;+1;-1. The molecule has 0 aliphatic heterocycles. The van der Waals surface area contributed by atoms with Gasteiger partial charge in [-0.15, -0.1) is 12.4 Å². The van der Waals surface area contributed by atoms with Gasteiger partial charge in [-0.05, 0) is 0 Å². The first-order chi connectivity index (χ1) is 10.1. The van der Waals surface area contributed by atoms with Gasteiger partial charge in [-0.1, -0.05) is 30.3 Å². The van der Waals surface area contributed by atoms with Crippen molar-refractivity contribution in [1.29, 1.82) is 5.41 Å². The SMILES string of the molecule is Cl.N=C(N)c1ccccc1.O=C(O)CC(O)(CC(=O)O)C(=O)O.[H-].[Na+]. The van der Waals surface area contributed by atoms with Crippen molar-refractivity contribution in [1.82, 2.24) is 0 Å². The minimum absolute atomic E-state index is 0. The average Bonchev–Trinajstić information content (AvgIpc) is 2.38. The third kappa shape index (κ3) is 11.0. The van der Waals surface area contributed by atoms with E-state index >= 15 is 0 Å². The van der Waals surface area contributed by atoms with Crippen molar-refractivity contribution in [3.8, 4) is 0 Å². The monoisotopic (exact) mass is 372 g/mol. The first-order valence-corrected chi connectivity index (χ1v) is 5.87. The Labute approximate surface area is 167 Å². The summed E-state index contributed by atoms with van der Waals surface area (Å²) in [4.78, 5) is 30.5. The number of carboxylic acid groups (broad SMARTS) is 3. The number of nitrogens with one attached hydrogen (secondary N) is 1. The van der Waals surface area contributed by atoms with Crippen molar-refractivity contribution in [3.05, 3.63) is 35.9 Å². The Morgan fingerprint density at radius 2 is 1.42 bits per heavy atom. The molecule has 1 aromatic rings. The molecule has 0 heterocycles. The molecule has 11 heteroatoms. The van der Waals surface area contributed by atoms with Crippen molar-refractivity contribution in [2.45, 2.75) is 18.4 Å². The Morgan fingerprint density at radius 3 is 1.62 bits per heavy atom. The zero-order valence-corrected chi connectivity index (χ0v) is 15.6. The molecule has 0 aliphatic rings. The Hall–Kier alpha value is -1.65. The van der Waals surface area contributed by atoms with E-state index in [9.17, 15) is 14.4 Å². The fourth-order valence-electron chi connectivity index (χ4n) is 1.33. The van der Waals surface area contributed by atoms with Crippen LogP contribution < -0.4 is 35.3 Å². The normalized spacial score (nSPS) is 9.21. The van der Waals surface area contributed by atoms with E-state index in [-0.39, 0.29) is 49.2 Å². The van der Waals surface area contributed by atoms with Crippen LogP contribution in [0.1, 0.15) is 19.8 Å². The number of nitrogens with two attached hydrogens (primary N) is 1. The van der Waals surface area contributed by atoms with E-state index in [0.29, 0.717) is 0 Å². The minimum atomic E-state index is -2.74. The summed E-state index contributed by atoms with van der Waals surface area (Å²) in [6.07, 6.45) is -2.29. The molecular weight excluding hydrogens is 355 g/mol. The number of hydrogen-bond acceptors (Lipinski definition) is 5. The van der Waals surface area contributed by atoms with Crippen molar-refractivity contribution >= 4 is 36.2 Å². The van der Waals surface area contributed by atoms with E-state index in [1.54, 1.807) is 0 Å². The summed E-state index contributed by atoms with van der Waals surface area (Å²) in [6, 6.07) is 9.23. The van der Waals surface area contributed by atoms with Gasteiger partial charge in [0.05, 0.1) is 12.8 Å². The molecule has 0 bridgehead atoms. The molecule has 0 unspecified atom stereocenters. The molecule has 0 aromatic heterocycles. The number of benzene rings is 1. The van der Waals surface area contributed by atoms with Crippen LogP contribution in [0, 0.1) is 5.41 Å². The predicted octanol–water partition coefficient (Wildman–Crippen LogP) is -2.74. The number of halogens is 1. The van der Waals surface area contributed by atoms with Crippen molar-refractivity contribution < 1.29 is 65.8 Å². The third-order valence-corrected chi connectivity index (χ3v) is 2.37. The van der Waals surface area contributed by atoms with Crippen LogP contribution in [0.25, 0.3) is 0 Å². The fraction of sp³-hybridized carbons (Fsp3) is 0.231. The van der Waals surface area contributed by atoms with Crippen LogP contribution in [-0.2, 0) is 14.4 Å². The van der Waals surface area contributed by atoms with Crippen molar-refractivity contribution in [3.63, 3.8) is 0 Å². The van der Waals surface area contributed by atoms with Crippen LogP contribution in [0.3, 0.4) is 0 Å². The summed E-state index contributed by atoms with van der Waals surface area (Å²) in [5.41, 5.74) is 3.23. The van der Waals surface area contributed by atoms with E-state index in [1.807, 2.05) is 30.3 Å². The fourth-order valence-corrected chi connectivity index (χ4v) is 1.33. The summed E-state index contributed by atoms with van der Waals surface area (Å²) < 4.78 is 0. The maximum atomic E-state index is 10.3. The number of carbonyl (C=O) groups is 3. The summed E-state index contributed by atoms with van der Waals surface area (Å²) >= 11 is 0. The summed E-state index contributed by atoms with van der Waals surface area (Å²) in [5.74, 6) is -4.90. The number of hydrogen-bond donors (Lipinski definition) is 6. The topological polar surface area (TPSA) is 182 Å².